The molecule has 0 fully saturated rings. The van der Waals surface area contributed by atoms with Gasteiger partial charge in [0.05, 0.1) is 23.4 Å². The molecule has 0 spiro atoms. The molecule has 3 aromatic rings. The van der Waals surface area contributed by atoms with Crippen molar-refractivity contribution in [3.05, 3.63) is 68.4 Å². The molecule has 0 bridgehead atoms. The molecule has 0 saturated carbocycles. The van der Waals surface area contributed by atoms with E-state index in [1.807, 2.05) is 42.5 Å². The van der Waals surface area contributed by atoms with Crippen molar-refractivity contribution in [1.82, 2.24) is 20.2 Å². The number of methoxy groups -OCH3 is 2. The maximum Gasteiger partial charge on any atom is 0.338 e. The Morgan fingerprint density at radius 1 is 1.23 bits per heavy atom. The molecule has 1 aliphatic rings. The smallest absolute Gasteiger partial charge is 0.338 e. The number of rotatable bonds is 6. The topological polar surface area (TPSA) is 100 Å². The molecule has 160 valence electrons. The molecular weight excluding hydrogens is 513 g/mol. The summed E-state index contributed by atoms with van der Waals surface area (Å²) in [5, 5.41) is 14.9. The number of fused-ring (bicyclic) bond motifs is 1. The second-order valence-electron chi connectivity index (χ2n) is 6.81. The third-order valence-electron chi connectivity index (χ3n) is 4.91. The van der Waals surface area contributed by atoms with Gasteiger partial charge in [0.15, 0.2) is 11.5 Å². The number of anilines is 1. The molecule has 2 heterocycles. The fraction of sp³-hybridized carbons (Fsp3) is 0.238. The van der Waals surface area contributed by atoms with Crippen LogP contribution >= 0.6 is 22.6 Å². The van der Waals surface area contributed by atoms with Crippen molar-refractivity contribution in [2.75, 3.05) is 19.5 Å². The molecule has 0 saturated heterocycles. The van der Waals surface area contributed by atoms with Crippen molar-refractivity contribution in [3.8, 4) is 11.5 Å². The first kappa shape index (κ1) is 21.1. The van der Waals surface area contributed by atoms with Crippen molar-refractivity contribution in [2.24, 2.45) is 0 Å². The zero-order chi connectivity index (χ0) is 22.0. The third-order valence-corrected chi connectivity index (χ3v) is 5.71. The maximum atomic E-state index is 12.6. The maximum absolute atomic E-state index is 12.6. The van der Waals surface area contributed by atoms with Gasteiger partial charge in [-0.3, -0.25) is 0 Å². The Labute approximate surface area is 192 Å². The molecule has 0 radical (unpaired) electrons. The van der Waals surface area contributed by atoms with Gasteiger partial charge in [-0.1, -0.05) is 35.4 Å². The highest BCUT2D eigenvalue weighted by Gasteiger charge is 2.35. The van der Waals surface area contributed by atoms with Gasteiger partial charge in [-0.15, -0.1) is 0 Å². The number of esters is 1. The first-order valence-electron chi connectivity index (χ1n) is 9.41. The highest BCUT2D eigenvalue weighted by molar-refractivity contribution is 14.1. The highest BCUT2D eigenvalue weighted by atomic mass is 127. The van der Waals surface area contributed by atoms with Gasteiger partial charge in [0.2, 0.25) is 5.95 Å². The second-order valence-corrected chi connectivity index (χ2v) is 7.98. The molecule has 0 amide bonds. The van der Waals surface area contributed by atoms with Crippen molar-refractivity contribution < 1.29 is 19.0 Å². The Morgan fingerprint density at radius 2 is 2.00 bits per heavy atom. The Balaban J connectivity index is 1.75. The number of halogens is 1. The second kappa shape index (κ2) is 8.92. The molecule has 0 unspecified atom stereocenters. The lowest BCUT2D eigenvalue weighted by Gasteiger charge is -2.27. The predicted octanol–water partition coefficient (Wildman–Crippen LogP) is 3.33. The zero-order valence-corrected chi connectivity index (χ0v) is 19.3. The summed E-state index contributed by atoms with van der Waals surface area (Å²) in [5.74, 6) is 1.15. The molecule has 4 rings (SSSR count). The average molecular weight is 533 g/mol. The molecule has 1 aromatic heterocycles. The molecule has 10 heteroatoms. The molecule has 0 aliphatic carbocycles. The molecule has 1 aliphatic heterocycles. The van der Waals surface area contributed by atoms with Crippen LogP contribution in [0.5, 0.6) is 11.5 Å². The van der Waals surface area contributed by atoms with Crippen LogP contribution in [-0.2, 0) is 16.1 Å². The molecule has 31 heavy (non-hydrogen) atoms. The van der Waals surface area contributed by atoms with E-state index in [0.717, 1.165) is 14.7 Å². The fourth-order valence-corrected chi connectivity index (χ4v) is 4.24. The van der Waals surface area contributed by atoms with Crippen LogP contribution in [0.2, 0.25) is 0 Å². The van der Waals surface area contributed by atoms with Gasteiger partial charge in [0.25, 0.3) is 0 Å². The van der Waals surface area contributed by atoms with Gasteiger partial charge in [0, 0.05) is 5.70 Å². The van der Waals surface area contributed by atoms with Crippen LogP contribution in [-0.4, -0.2) is 40.4 Å². The monoisotopic (exact) mass is 533 g/mol. The standard InChI is InChI=1S/C21H20IN5O4/c1-12-17(20(28)30-3)18(27-21(23-12)24-25-26-27)14-9-15(22)19(16(10-14)29-2)31-11-13-7-5-4-6-8-13/h4-10,18H,11H2,1-3H3,(H,23,24,26)/t18-/m0/s1. The largest absolute Gasteiger partial charge is 0.493 e. The van der Waals surface area contributed by atoms with Crippen LogP contribution in [0.25, 0.3) is 0 Å². The molecule has 1 atom stereocenters. The van der Waals surface area contributed by atoms with Crippen LogP contribution < -0.4 is 14.8 Å². The Morgan fingerprint density at radius 3 is 2.71 bits per heavy atom. The summed E-state index contributed by atoms with van der Waals surface area (Å²) in [5.41, 5.74) is 2.85. The van der Waals surface area contributed by atoms with Crippen LogP contribution in [0.3, 0.4) is 0 Å². The van der Waals surface area contributed by atoms with Gasteiger partial charge in [-0.2, -0.15) is 4.68 Å². The highest BCUT2D eigenvalue weighted by Crippen LogP contribution is 2.41. The predicted molar refractivity (Wildman–Crippen MR) is 121 cm³/mol. The molecule has 9 nitrogen and oxygen atoms in total. The number of carbonyl (C=O) groups is 1. The average Bonchev–Trinajstić information content (AvgIpc) is 3.25. The van der Waals surface area contributed by atoms with Gasteiger partial charge < -0.3 is 19.5 Å². The lowest BCUT2D eigenvalue weighted by molar-refractivity contribution is -0.136. The summed E-state index contributed by atoms with van der Waals surface area (Å²) in [4.78, 5) is 12.6. The van der Waals surface area contributed by atoms with Crippen LogP contribution in [0.4, 0.5) is 5.95 Å². The number of tetrazole rings is 1. The van der Waals surface area contributed by atoms with Crippen molar-refractivity contribution >= 4 is 34.5 Å². The normalized spacial score (nSPS) is 15.2. The van der Waals surface area contributed by atoms with E-state index in [9.17, 15) is 4.79 Å². The minimum absolute atomic E-state index is 0.406. The fourth-order valence-electron chi connectivity index (χ4n) is 3.46. The van der Waals surface area contributed by atoms with Gasteiger partial charge in [-0.25, -0.2) is 4.79 Å². The van der Waals surface area contributed by atoms with Crippen LogP contribution in [0, 0.1) is 3.57 Å². The van der Waals surface area contributed by atoms with Gasteiger partial charge in [0.1, 0.15) is 12.6 Å². The number of hydrogen-bond acceptors (Lipinski definition) is 8. The van der Waals surface area contributed by atoms with E-state index >= 15 is 0 Å². The molecular formula is C21H20IN5O4. The van der Waals surface area contributed by atoms with Crippen molar-refractivity contribution in [1.29, 1.82) is 0 Å². The number of ether oxygens (including phenoxy) is 3. The minimum atomic E-state index is -0.579. The Hall–Kier alpha value is -3.15. The first-order valence-corrected chi connectivity index (χ1v) is 10.5. The number of nitrogens with one attached hydrogen (secondary N) is 1. The summed E-state index contributed by atoms with van der Waals surface area (Å²) in [7, 11) is 2.93. The van der Waals surface area contributed by atoms with Crippen LogP contribution in [0.1, 0.15) is 24.1 Å². The minimum Gasteiger partial charge on any atom is -0.493 e. The van der Waals surface area contributed by atoms with E-state index in [-0.39, 0.29) is 0 Å². The van der Waals surface area contributed by atoms with E-state index in [1.54, 1.807) is 18.7 Å². The summed E-state index contributed by atoms with van der Waals surface area (Å²) in [6.45, 7) is 2.19. The van der Waals surface area contributed by atoms with Crippen molar-refractivity contribution in [3.63, 3.8) is 0 Å². The summed E-state index contributed by atoms with van der Waals surface area (Å²) in [6.07, 6.45) is 0. The van der Waals surface area contributed by atoms with E-state index in [4.69, 9.17) is 14.2 Å². The number of carbonyl (C=O) groups excluding carboxylic acids is 1. The first-order chi connectivity index (χ1) is 15.0. The molecule has 2 aromatic carbocycles. The quantitative estimate of drug-likeness (QED) is 0.381. The number of aromatic nitrogens is 4. The van der Waals surface area contributed by atoms with E-state index in [0.29, 0.717) is 35.3 Å². The van der Waals surface area contributed by atoms with E-state index in [1.165, 1.54) is 7.11 Å². The third kappa shape index (κ3) is 4.07. The Kier molecular flexibility index (Phi) is 6.07. The molecule has 1 N–H and O–H groups in total. The number of benzene rings is 2. The zero-order valence-electron chi connectivity index (χ0n) is 17.1. The SMILES string of the molecule is COC(=O)C1=C(C)Nc2nnnn2[C@H]1c1cc(I)c(OCc2ccccc2)c(OC)c1. The van der Waals surface area contributed by atoms with E-state index in [2.05, 4.69) is 43.4 Å². The lowest BCUT2D eigenvalue weighted by Crippen LogP contribution is -2.29. The number of nitrogens with zero attached hydrogens (tertiary/aromatic N) is 4. The Bertz CT molecular complexity index is 1150. The number of hydrogen-bond donors (Lipinski definition) is 1. The van der Waals surface area contributed by atoms with Gasteiger partial charge >= 0.3 is 5.97 Å². The van der Waals surface area contributed by atoms with Gasteiger partial charge in [-0.05, 0) is 63.2 Å². The van der Waals surface area contributed by atoms with E-state index < -0.39 is 12.0 Å². The van der Waals surface area contributed by atoms with Crippen LogP contribution in [0.15, 0.2) is 53.7 Å². The summed E-state index contributed by atoms with van der Waals surface area (Å²) < 4.78 is 19.1. The summed E-state index contributed by atoms with van der Waals surface area (Å²) in [6, 6.07) is 13.1. The summed E-state index contributed by atoms with van der Waals surface area (Å²) >= 11 is 2.20. The van der Waals surface area contributed by atoms with Crippen molar-refractivity contribution in [2.45, 2.75) is 19.6 Å². The lowest BCUT2D eigenvalue weighted by atomic mass is 9.95. The number of allylic oxidation sites excluding steroid dienone is 1.